The molecule has 6 heteroatoms. The van der Waals surface area contributed by atoms with Crippen LogP contribution in [0, 0.1) is 0 Å². The zero-order valence-corrected chi connectivity index (χ0v) is 11.1. The zero-order chi connectivity index (χ0) is 14.4. The van der Waals surface area contributed by atoms with E-state index in [9.17, 15) is 13.6 Å². The normalized spacial score (nSPS) is 14.2. The standard InChI is InChI=1S/C14H18F2N2O2/c15-13(16)9-20-7-5-14(19)18-12-3-1-2-10-8-17-6-4-11(10)12/h1-3,13,17H,4-9H2,(H,18,19). The van der Waals surface area contributed by atoms with Gasteiger partial charge in [0.2, 0.25) is 5.91 Å². The van der Waals surface area contributed by atoms with E-state index in [-0.39, 0.29) is 18.9 Å². The summed E-state index contributed by atoms with van der Waals surface area (Å²) in [7, 11) is 0. The van der Waals surface area contributed by atoms with Gasteiger partial charge in [-0.1, -0.05) is 12.1 Å². The maximum Gasteiger partial charge on any atom is 0.261 e. The lowest BCUT2D eigenvalue weighted by atomic mass is 9.99. The largest absolute Gasteiger partial charge is 0.375 e. The Balaban J connectivity index is 1.85. The van der Waals surface area contributed by atoms with Gasteiger partial charge in [0.25, 0.3) is 6.43 Å². The average Bonchev–Trinajstić information content (AvgIpc) is 2.44. The van der Waals surface area contributed by atoms with Gasteiger partial charge in [0, 0.05) is 12.2 Å². The fourth-order valence-corrected chi connectivity index (χ4v) is 2.20. The number of hydrogen-bond donors (Lipinski definition) is 2. The van der Waals surface area contributed by atoms with Crippen LogP contribution in [0.2, 0.25) is 0 Å². The van der Waals surface area contributed by atoms with Crippen molar-refractivity contribution in [3.63, 3.8) is 0 Å². The Kier molecular flexibility index (Phi) is 5.43. The molecule has 0 fully saturated rings. The molecule has 2 N–H and O–H groups in total. The minimum absolute atomic E-state index is 0.00670. The molecule has 1 aromatic rings. The summed E-state index contributed by atoms with van der Waals surface area (Å²) in [5.41, 5.74) is 3.14. The lowest BCUT2D eigenvalue weighted by Crippen LogP contribution is -2.25. The van der Waals surface area contributed by atoms with Gasteiger partial charge in [0.05, 0.1) is 13.0 Å². The third-order valence-corrected chi connectivity index (χ3v) is 3.13. The number of amides is 1. The molecule has 1 aliphatic heterocycles. The maximum absolute atomic E-state index is 11.9. The molecule has 0 aliphatic carbocycles. The first-order valence-corrected chi connectivity index (χ1v) is 6.64. The lowest BCUT2D eigenvalue weighted by Gasteiger charge is -2.20. The fraction of sp³-hybridized carbons (Fsp3) is 0.500. The van der Waals surface area contributed by atoms with E-state index < -0.39 is 13.0 Å². The molecule has 1 heterocycles. The third kappa shape index (κ3) is 4.25. The van der Waals surface area contributed by atoms with Crippen LogP contribution in [0.15, 0.2) is 18.2 Å². The highest BCUT2D eigenvalue weighted by Crippen LogP contribution is 2.23. The van der Waals surface area contributed by atoms with Gasteiger partial charge in [0.15, 0.2) is 0 Å². The van der Waals surface area contributed by atoms with Gasteiger partial charge in [-0.05, 0) is 30.2 Å². The van der Waals surface area contributed by atoms with E-state index in [2.05, 4.69) is 10.6 Å². The smallest absolute Gasteiger partial charge is 0.261 e. The number of halogens is 2. The van der Waals surface area contributed by atoms with Crippen molar-refractivity contribution in [3.8, 4) is 0 Å². The number of carbonyl (C=O) groups is 1. The Morgan fingerprint density at radius 1 is 1.45 bits per heavy atom. The Bertz CT molecular complexity index is 466. The topological polar surface area (TPSA) is 50.4 Å². The van der Waals surface area contributed by atoms with Crippen LogP contribution >= 0.6 is 0 Å². The van der Waals surface area contributed by atoms with Crippen LogP contribution in [0.1, 0.15) is 17.5 Å². The predicted octanol–water partition coefficient (Wildman–Crippen LogP) is 1.94. The van der Waals surface area contributed by atoms with Gasteiger partial charge >= 0.3 is 0 Å². The molecular weight excluding hydrogens is 266 g/mol. The van der Waals surface area contributed by atoms with E-state index in [1.165, 1.54) is 5.56 Å². The minimum Gasteiger partial charge on any atom is -0.375 e. The van der Waals surface area contributed by atoms with E-state index in [1.807, 2.05) is 18.2 Å². The van der Waals surface area contributed by atoms with Crippen molar-refractivity contribution in [2.75, 3.05) is 25.1 Å². The maximum atomic E-state index is 11.9. The summed E-state index contributed by atoms with van der Waals surface area (Å²) in [5, 5.41) is 6.09. The van der Waals surface area contributed by atoms with Crippen molar-refractivity contribution in [1.82, 2.24) is 5.32 Å². The Morgan fingerprint density at radius 3 is 3.10 bits per heavy atom. The van der Waals surface area contributed by atoms with Crippen molar-refractivity contribution in [2.24, 2.45) is 0 Å². The van der Waals surface area contributed by atoms with Gasteiger partial charge in [-0.3, -0.25) is 4.79 Å². The summed E-state index contributed by atoms with van der Waals surface area (Å²) < 4.78 is 28.4. The van der Waals surface area contributed by atoms with Crippen molar-refractivity contribution in [2.45, 2.75) is 25.8 Å². The van der Waals surface area contributed by atoms with Crippen LogP contribution in [0.4, 0.5) is 14.5 Å². The molecule has 0 saturated carbocycles. The van der Waals surface area contributed by atoms with Gasteiger partial charge in [-0.15, -0.1) is 0 Å². The summed E-state index contributed by atoms with van der Waals surface area (Å²) >= 11 is 0. The van der Waals surface area contributed by atoms with Crippen LogP contribution in [0.3, 0.4) is 0 Å². The first-order chi connectivity index (χ1) is 9.66. The fourth-order valence-electron chi connectivity index (χ4n) is 2.20. The number of fused-ring (bicyclic) bond motifs is 1. The quantitative estimate of drug-likeness (QED) is 0.785. The van der Waals surface area contributed by atoms with Crippen LogP contribution in [0.5, 0.6) is 0 Å². The third-order valence-electron chi connectivity index (χ3n) is 3.13. The molecule has 4 nitrogen and oxygen atoms in total. The molecule has 1 aromatic carbocycles. The molecule has 0 radical (unpaired) electrons. The number of alkyl halides is 2. The first-order valence-electron chi connectivity index (χ1n) is 6.64. The van der Waals surface area contributed by atoms with E-state index in [0.717, 1.165) is 30.8 Å². The second-order valence-electron chi connectivity index (χ2n) is 4.63. The first kappa shape index (κ1) is 14.9. The Labute approximate surface area is 116 Å². The van der Waals surface area contributed by atoms with E-state index in [4.69, 9.17) is 4.74 Å². The Hall–Kier alpha value is -1.53. The van der Waals surface area contributed by atoms with Crippen LogP contribution in [-0.4, -0.2) is 32.1 Å². The van der Waals surface area contributed by atoms with Crippen LogP contribution < -0.4 is 10.6 Å². The summed E-state index contributed by atoms with van der Waals surface area (Å²) in [6.07, 6.45) is -1.55. The van der Waals surface area contributed by atoms with E-state index in [1.54, 1.807) is 0 Å². The Morgan fingerprint density at radius 2 is 2.30 bits per heavy atom. The monoisotopic (exact) mass is 284 g/mol. The van der Waals surface area contributed by atoms with Crippen molar-refractivity contribution in [1.29, 1.82) is 0 Å². The van der Waals surface area contributed by atoms with Crippen molar-refractivity contribution < 1.29 is 18.3 Å². The molecule has 0 aromatic heterocycles. The lowest BCUT2D eigenvalue weighted by molar-refractivity contribution is -0.117. The molecular formula is C14H18F2N2O2. The molecule has 0 bridgehead atoms. The zero-order valence-electron chi connectivity index (χ0n) is 11.1. The van der Waals surface area contributed by atoms with Crippen molar-refractivity contribution >= 4 is 11.6 Å². The van der Waals surface area contributed by atoms with E-state index >= 15 is 0 Å². The van der Waals surface area contributed by atoms with Gasteiger partial charge in [-0.25, -0.2) is 8.78 Å². The number of rotatable bonds is 6. The molecule has 0 atom stereocenters. The minimum atomic E-state index is -2.49. The number of hydrogen-bond acceptors (Lipinski definition) is 3. The highest BCUT2D eigenvalue weighted by Gasteiger charge is 2.14. The molecule has 0 unspecified atom stereocenters. The van der Waals surface area contributed by atoms with Crippen LogP contribution in [0.25, 0.3) is 0 Å². The SMILES string of the molecule is O=C(CCOCC(F)F)Nc1cccc2c1CCNC2. The predicted molar refractivity (Wildman–Crippen MR) is 71.9 cm³/mol. The summed E-state index contributed by atoms with van der Waals surface area (Å²) in [5.74, 6) is -0.216. The number of anilines is 1. The molecule has 1 amide bonds. The van der Waals surface area contributed by atoms with Gasteiger partial charge in [-0.2, -0.15) is 0 Å². The molecule has 0 spiro atoms. The molecule has 110 valence electrons. The number of ether oxygens (including phenoxy) is 1. The molecule has 20 heavy (non-hydrogen) atoms. The number of nitrogens with one attached hydrogen (secondary N) is 2. The van der Waals surface area contributed by atoms with Crippen molar-refractivity contribution in [3.05, 3.63) is 29.3 Å². The molecule has 0 saturated heterocycles. The average molecular weight is 284 g/mol. The van der Waals surface area contributed by atoms with E-state index in [0.29, 0.717) is 0 Å². The van der Waals surface area contributed by atoms with Gasteiger partial charge < -0.3 is 15.4 Å². The second-order valence-corrected chi connectivity index (χ2v) is 4.63. The second kappa shape index (κ2) is 7.31. The molecule has 1 aliphatic rings. The van der Waals surface area contributed by atoms with Gasteiger partial charge in [0.1, 0.15) is 6.61 Å². The summed E-state index contributed by atoms with van der Waals surface area (Å²) in [4.78, 5) is 11.7. The summed E-state index contributed by atoms with van der Waals surface area (Å²) in [6, 6.07) is 5.79. The number of carbonyl (C=O) groups excluding carboxylic acids is 1. The molecule has 2 rings (SSSR count). The highest BCUT2D eigenvalue weighted by molar-refractivity contribution is 5.91. The summed E-state index contributed by atoms with van der Waals surface area (Å²) in [6.45, 7) is 1.07. The highest BCUT2D eigenvalue weighted by atomic mass is 19.3. The number of benzene rings is 1. The van der Waals surface area contributed by atoms with Crippen LogP contribution in [-0.2, 0) is 22.5 Å².